The lowest BCUT2D eigenvalue weighted by Gasteiger charge is -2.16. The molecule has 3 rings (SSSR count). The first-order valence-electron chi connectivity index (χ1n) is 7.71. The summed E-state index contributed by atoms with van der Waals surface area (Å²) in [6, 6.07) is 7.50. The van der Waals surface area contributed by atoms with Crippen molar-refractivity contribution in [2.45, 2.75) is 6.42 Å². The van der Waals surface area contributed by atoms with E-state index in [-0.39, 0.29) is 17.6 Å². The Kier molecular flexibility index (Phi) is 4.27. The minimum atomic E-state index is -3.51. The van der Waals surface area contributed by atoms with E-state index in [0.29, 0.717) is 25.2 Å². The van der Waals surface area contributed by atoms with Gasteiger partial charge in [0.05, 0.1) is 12.9 Å². The second kappa shape index (κ2) is 6.10. The first kappa shape index (κ1) is 16.8. The van der Waals surface area contributed by atoms with Crippen molar-refractivity contribution in [1.82, 2.24) is 9.47 Å². The molecular formula is C16H21N3O4S. The summed E-state index contributed by atoms with van der Waals surface area (Å²) in [6.45, 7) is 0.962. The topological polar surface area (TPSA) is 94.6 Å². The monoisotopic (exact) mass is 351 g/mol. The molecule has 0 radical (unpaired) electrons. The van der Waals surface area contributed by atoms with Crippen molar-refractivity contribution in [1.29, 1.82) is 0 Å². The van der Waals surface area contributed by atoms with Crippen LogP contribution in [0.4, 0.5) is 0 Å². The average Bonchev–Trinajstić information content (AvgIpc) is 3.09. The second-order valence-corrected chi connectivity index (χ2v) is 7.91. The molecule has 1 aliphatic heterocycles. The molecular weight excluding hydrogens is 330 g/mol. The molecule has 7 nitrogen and oxygen atoms in total. The molecule has 2 N–H and O–H groups in total. The number of hydrogen-bond acceptors (Lipinski definition) is 4. The van der Waals surface area contributed by atoms with Crippen molar-refractivity contribution in [2.24, 2.45) is 18.1 Å². The Hall–Kier alpha value is -2.06. The van der Waals surface area contributed by atoms with Crippen LogP contribution in [0.2, 0.25) is 0 Å². The molecule has 1 atom stereocenters. The van der Waals surface area contributed by atoms with E-state index in [9.17, 15) is 13.2 Å². The molecule has 1 aromatic heterocycles. The number of hydrogen-bond donors (Lipinski definition) is 1. The van der Waals surface area contributed by atoms with Gasteiger partial charge in [0.1, 0.15) is 11.4 Å². The number of fused-ring (bicyclic) bond motifs is 1. The number of likely N-dealkylation sites (tertiary alicyclic amines) is 1. The Morgan fingerprint density at radius 3 is 2.79 bits per heavy atom. The zero-order valence-electron chi connectivity index (χ0n) is 13.7. The summed E-state index contributed by atoms with van der Waals surface area (Å²) in [5.41, 5.74) is 1.52. The minimum Gasteiger partial charge on any atom is -0.497 e. The molecule has 2 heterocycles. The van der Waals surface area contributed by atoms with Gasteiger partial charge < -0.3 is 14.2 Å². The molecule has 0 spiro atoms. The number of ether oxygens (including phenoxy) is 1. The van der Waals surface area contributed by atoms with Crippen molar-refractivity contribution in [3.8, 4) is 5.75 Å². The highest BCUT2D eigenvalue weighted by atomic mass is 32.2. The third kappa shape index (κ3) is 3.25. The number of methoxy groups -OCH3 is 1. The third-order valence-electron chi connectivity index (χ3n) is 4.51. The van der Waals surface area contributed by atoms with Crippen LogP contribution >= 0.6 is 0 Å². The average molecular weight is 351 g/mol. The standard InChI is InChI=1S/C16H21N3O4S/c1-18-14-4-3-13(23-2)7-12(14)8-15(18)16(20)19-6-5-11(9-19)10-24(17,21)22/h3-4,7-8,11H,5-6,9-10H2,1-2H3,(H2,17,21,22). The van der Waals surface area contributed by atoms with Crippen molar-refractivity contribution in [3.63, 3.8) is 0 Å². The van der Waals surface area contributed by atoms with Crippen LogP contribution in [0.25, 0.3) is 10.9 Å². The van der Waals surface area contributed by atoms with Crippen molar-refractivity contribution in [2.75, 3.05) is 26.0 Å². The number of carbonyl (C=O) groups excluding carboxylic acids is 1. The van der Waals surface area contributed by atoms with Gasteiger partial charge in [-0.15, -0.1) is 0 Å². The van der Waals surface area contributed by atoms with Gasteiger partial charge in [0.2, 0.25) is 10.0 Å². The first-order valence-corrected chi connectivity index (χ1v) is 9.43. The number of primary sulfonamides is 1. The van der Waals surface area contributed by atoms with Gasteiger partial charge in [0.25, 0.3) is 5.91 Å². The van der Waals surface area contributed by atoms with E-state index in [2.05, 4.69) is 0 Å². The number of aryl methyl sites for hydroxylation is 1. The SMILES string of the molecule is COc1ccc2c(c1)cc(C(=O)N1CCC(CS(N)(=O)=O)C1)n2C. The van der Waals surface area contributed by atoms with E-state index >= 15 is 0 Å². The van der Waals surface area contributed by atoms with Gasteiger partial charge in [-0.05, 0) is 36.6 Å². The van der Waals surface area contributed by atoms with Crippen LogP contribution in [0.3, 0.4) is 0 Å². The minimum absolute atomic E-state index is 0.0803. The fourth-order valence-corrected chi connectivity index (χ4v) is 4.23. The predicted octanol–water partition coefficient (Wildman–Crippen LogP) is 0.937. The third-order valence-corrected chi connectivity index (χ3v) is 5.45. The van der Waals surface area contributed by atoms with Crippen molar-refractivity contribution >= 4 is 26.8 Å². The zero-order chi connectivity index (χ0) is 17.5. The van der Waals surface area contributed by atoms with Crippen LogP contribution in [0.15, 0.2) is 24.3 Å². The molecule has 8 heteroatoms. The number of carbonyl (C=O) groups is 1. The quantitative estimate of drug-likeness (QED) is 0.887. The summed E-state index contributed by atoms with van der Waals surface area (Å²) in [7, 11) is -0.0644. The van der Waals surface area contributed by atoms with Gasteiger partial charge in [-0.1, -0.05) is 0 Å². The lowest BCUT2D eigenvalue weighted by molar-refractivity contribution is 0.0779. The van der Waals surface area contributed by atoms with Crippen LogP contribution in [0.1, 0.15) is 16.9 Å². The van der Waals surface area contributed by atoms with Crippen LogP contribution in [0.5, 0.6) is 5.75 Å². The summed E-state index contributed by atoms with van der Waals surface area (Å²) in [4.78, 5) is 14.5. The van der Waals surface area contributed by atoms with Crippen LogP contribution in [0, 0.1) is 5.92 Å². The number of aromatic nitrogens is 1. The summed E-state index contributed by atoms with van der Waals surface area (Å²) < 4.78 is 29.5. The van der Waals surface area contributed by atoms with Crippen LogP contribution < -0.4 is 9.88 Å². The summed E-state index contributed by atoms with van der Waals surface area (Å²) in [6.07, 6.45) is 0.653. The molecule has 1 aromatic carbocycles. The van der Waals surface area contributed by atoms with Crippen LogP contribution in [-0.2, 0) is 17.1 Å². The highest BCUT2D eigenvalue weighted by Crippen LogP contribution is 2.26. The normalized spacial score (nSPS) is 18.3. The Balaban J connectivity index is 1.83. The highest BCUT2D eigenvalue weighted by molar-refractivity contribution is 7.89. The van der Waals surface area contributed by atoms with E-state index in [1.54, 1.807) is 12.0 Å². The fraction of sp³-hybridized carbons (Fsp3) is 0.438. The van der Waals surface area contributed by atoms with Gasteiger partial charge >= 0.3 is 0 Å². The maximum absolute atomic E-state index is 12.8. The molecule has 0 saturated carbocycles. The molecule has 1 aliphatic rings. The van der Waals surface area contributed by atoms with E-state index in [4.69, 9.17) is 9.88 Å². The van der Waals surface area contributed by atoms with Gasteiger partial charge in [-0.25, -0.2) is 13.6 Å². The smallest absolute Gasteiger partial charge is 0.270 e. The number of amides is 1. The van der Waals surface area contributed by atoms with Gasteiger partial charge in [0.15, 0.2) is 0 Å². The summed E-state index contributed by atoms with van der Waals surface area (Å²) in [5, 5.41) is 6.03. The Morgan fingerprint density at radius 1 is 1.38 bits per heavy atom. The predicted molar refractivity (Wildman–Crippen MR) is 91.5 cm³/mol. The van der Waals surface area contributed by atoms with E-state index in [1.807, 2.05) is 35.9 Å². The van der Waals surface area contributed by atoms with E-state index in [0.717, 1.165) is 16.7 Å². The summed E-state index contributed by atoms with van der Waals surface area (Å²) >= 11 is 0. The molecule has 1 amide bonds. The number of sulfonamides is 1. The molecule has 1 saturated heterocycles. The fourth-order valence-electron chi connectivity index (χ4n) is 3.30. The maximum atomic E-state index is 12.8. The zero-order valence-corrected chi connectivity index (χ0v) is 14.5. The largest absolute Gasteiger partial charge is 0.497 e. The molecule has 1 unspecified atom stereocenters. The second-order valence-electron chi connectivity index (χ2n) is 6.25. The lowest BCUT2D eigenvalue weighted by Crippen LogP contribution is -2.31. The number of nitrogens with two attached hydrogens (primary N) is 1. The van der Waals surface area contributed by atoms with Crippen LogP contribution in [-0.4, -0.2) is 49.7 Å². The molecule has 0 aliphatic carbocycles. The van der Waals surface area contributed by atoms with E-state index < -0.39 is 10.0 Å². The van der Waals surface area contributed by atoms with Gasteiger partial charge in [-0.2, -0.15) is 0 Å². The van der Waals surface area contributed by atoms with Gasteiger partial charge in [-0.3, -0.25) is 4.79 Å². The summed E-state index contributed by atoms with van der Waals surface area (Å²) in [5.74, 6) is 0.466. The van der Waals surface area contributed by atoms with Crippen molar-refractivity contribution < 1.29 is 17.9 Å². The van der Waals surface area contributed by atoms with Crippen molar-refractivity contribution in [3.05, 3.63) is 30.0 Å². The van der Waals surface area contributed by atoms with E-state index in [1.165, 1.54) is 0 Å². The molecule has 24 heavy (non-hydrogen) atoms. The molecule has 2 aromatic rings. The van der Waals surface area contributed by atoms with Gasteiger partial charge in [0, 0.05) is 31.0 Å². The Bertz CT molecular complexity index is 888. The number of nitrogens with zero attached hydrogens (tertiary/aromatic N) is 2. The molecule has 1 fully saturated rings. The Labute approximate surface area is 141 Å². The highest BCUT2D eigenvalue weighted by Gasteiger charge is 2.30. The number of rotatable bonds is 4. The molecule has 130 valence electrons. The first-order chi connectivity index (χ1) is 11.3. The lowest BCUT2D eigenvalue weighted by atomic mass is 10.2. The number of benzene rings is 1. The maximum Gasteiger partial charge on any atom is 0.270 e. The molecule has 0 bridgehead atoms. The Morgan fingerprint density at radius 2 is 2.12 bits per heavy atom.